The first-order chi connectivity index (χ1) is 19.1. The van der Waals surface area contributed by atoms with E-state index in [-0.39, 0.29) is 43.3 Å². The number of nitrogens with zero attached hydrogens (tertiary/aromatic N) is 2. The Balaban J connectivity index is 1.31. The summed E-state index contributed by atoms with van der Waals surface area (Å²) in [5, 5.41) is 22.3. The van der Waals surface area contributed by atoms with Gasteiger partial charge in [-0.1, -0.05) is 55.5 Å². The molecular weight excluding hydrogens is 494 g/mol. The Morgan fingerprint density at radius 2 is 1.77 bits per heavy atom. The number of hydrogen-bond donors (Lipinski definition) is 3. The maximum absolute atomic E-state index is 12.4. The molecule has 0 unspecified atom stereocenters. The minimum absolute atomic E-state index is 0.00225. The monoisotopic (exact) mass is 531 g/mol. The van der Waals surface area contributed by atoms with E-state index < -0.39 is 6.29 Å². The fraction of sp³-hybridized carbons (Fsp3) is 0.419. The van der Waals surface area contributed by atoms with Crippen LogP contribution in [0.25, 0.3) is 0 Å². The minimum atomic E-state index is -0.553. The molecule has 8 nitrogen and oxygen atoms in total. The lowest BCUT2D eigenvalue weighted by molar-refractivity contribution is -0.276. The van der Waals surface area contributed by atoms with Crippen LogP contribution in [0.1, 0.15) is 64.8 Å². The average molecular weight is 532 g/mol. The number of nitrogens with one attached hydrogen (secondary N) is 1. The zero-order valence-electron chi connectivity index (χ0n) is 22.3. The summed E-state index contributed by atoms with van der Waals surface area (Å²) in [5.74, 6) is -0.0794. The summed E-state index contributed by atoms with van der Waals surface area (Å²) in [6.45, 7) is 4.41. The van der Waals surface area contributed by atoms with Crippen LogP contribution in [-0.4, -0.2) is 57.8 Å². The molecule has 39 heavy (non-hydrogen) atoms. The van der Waals surface area contributed by atoms with Crippen molar-refractivity contribution in [3.63, 3.8) is 0 Å². The molecule has 1 aromatic heterocycles. The second-order valence-corrected chi connectivity index (χ2v) is 10.5. The van der Waals surface area contributed by atoms with E-state index >= 15 is 0 Å². The summed E-state index contributed by atoms with van der Waals surface area (Å²) >= 11 is 0. The van der Waals surface area contributed by atoms with E-state index in [2.05, 4.69) is 22.1 Å². The van der Waals surface area contributed by atoms with Crippen molar-refractivity contribution in [1.82, 2.24) is 15.2 Å². The van der Waals surface area contributed by atoms with Crippen molar-refractivity contribution in [3.05, 3.63) is 101 Å². The SMILES string of the molecule is C[C@@H]1[C@H](CN2CCC[C@H]2CO)O[C@H](c2ccc(CNC(=O)c3cccnc3)cc2)O[C@@H]1c1ccc(CO)cc1. The Bertz CT molecular complexity index is 1210. The van der Waals surface area contributed by atoms with E-state index in [1.54, 1.807) is 24.5 Å². The molecule has 3 heterocycles. The number of benzene rings is 2. The van der Waals surface area contributed by atoms with Gasteiger partial charge in [-0.15, -0.1) is 0 Å². The van der Waals surface area contributed by atoms with Crippen LogP contribution in [-0.2, 0) is 22.6 Å². The molecule has 2 aliphatic rings. The average Bonchev–Trinajstić information content (AvgIpc) is 3.45. The zero-order valence-corrected chi connectivity index (χ0v) is 22.3. The molecule has 8 heteroatoms. The van der Waals surface area contributed by atoms with Gasteiger partial charge in [0.1, 0.15) is 0 Å². The van der Waals surface area contributed by atoms with Crippen LogP contribution in [0.15, 0.2) is 73.1 Å². The molecule has 2 aromatic carbocycles. The normalized spacial score (nSPS) is 25.5. The molecule has 0 spiro atoms. The molecule has 0 aliphatic carbocycles. The van der Waals surface area contributed by atoms with Crippen molar-refractivity contribution in [2.45, 2.75) is 57.5 Å². The van der Waals surface area contributed by atoms with E-state index in [4.69, 9.17) is 9.47 Å². The van der Waals surface area contributed by atoms with Crippen molar-refractivity contribution >= 4 is 5.91 Å². The van der Waals surface area contributed by atoms with Gasteiger partial charge >= 0.3 is 0 Å². The lowest BCUT2D eigenvalue weighted by Gasteiger charge is -2.43. The maximum Gasteiger partial charge on any atom is 0.253 e. The fourth-order valence-electron chi connectivity index (χ4n) is 5.48. The molecular formula is C31H37N3O5. The molecule has 2 fully saturated rings. The first-order valence-electron chi connectivity index (χ1n) is 13.7. The number of aliphatic hydroxyl groups excluding tert-OH is 2. The quantitative estimate of drug-likeness (QED) is 0.386. The lowest BCUT2D eigenvalue weighted by Crippen LogP contribution is -2.46. The first-order valence-corrected chi connectivity index (χ1v) is 13.7. The molecule has 2 saturated heterocycles. The fourth-order valence-corrected chi connectivity index (χ4v) is 5.48. The number of hydrogen-bond acceptors (Lipinski definition) is 7. The Kier molecular flexibility index (Phi) is 9.01. The molecule has 0 bridgehead atoms. The van der Waals surface area contributed by atoms with Gasteiger partial charge in [-0.2, -0.15) is 0 Å². The highest BCUT2D eigenvalue weighted by atomic mass is 16.7. The van der Waals surface area contributed by atoms with Crippen molar-refractivity contribution in [2.75, 3.05) is 19.7 Å². The van der Waals surface area contributed by atoms with Crippen LogP contribution in [0.2, 0.25) is 0 Å². The molecule has 3 aromatic rings. The number of ether oxygens (including phenoxy) is 2. The van der Waals surface area contributed by atoms with Crippen molar-refractivity contribution in [1.29, 1.82) is 0 Å². The van der Waals surface area contributed by atoms with Crippen LogP contribution in [0.4, 0.5) is 0 Å². The minimum Gasteiger partial charge on any atom is -0.395 e. The summed E-state index contributed by atoms with van der Waals surface area (Å²) < 4.78 is 13.1. The second kappa shape index (κ2) is 12.8. The molecule has 5 atom stereocenters. The van der Waals surface area contributed by atoms with Gasteiger partial charge in [0.15, 0.2) is 6.29 Å². The number of likely N-dealkylation sites (tertiary alicyclic amines) is 1. The number of aliphatic hydroxyl groups is 2. The van der Waals surface area contributed by atoms with Crippen LogP contribution in [0.5, 0.6) is 0 Å². The summed E-state index contributed by atoms with van der Waals surface area (Å²) in [4.78, 5) is 18.7. The summed E-state index contributed by atoms with van der Waals surface area (Å²) in [6.07, 6.45) is 4.45. The summed E-state index contributed by atoms with van der Waals surface area (Å²) in [6, 6.07) is 19.5. The highest BCUT2D eigenvalue weighted by Gasteiger charge is 2.40. The molecule has 0 radical (unpaired) electrons. The van der Waals surface area contributed by atoms with E-state index in [0.717, 1.165) is 48.2 Å². The summed E-state index contributed by atoms with van der Waals surface area (Å²) in [7, 11) is 0. The van der Waals surface area contributed by atoms with Gasteiger partial charge in [0, 0.05) is 43.0 Å². The molecule has 206 valence electrons. The number of pyridine rings is 1. The van der Waals surface area contributed by atoms with Crippen LogP contribution < -0.4 is 5.32 Å². The highest BCUT2D eigenvalue weighted by Crippen LogP contribution is 2.42. The van der Waals surface area contributed by atoms with Crippen LogP contribution in [0, 0.1) is 5.92 Å². The Hall–Kier alpha value is -3.14. The Morgan fingerprint density at radius 1 is 1.03 bits per heavy atom. The first kappa shape index (κ1) is 27.4. The van der Waals surface area contributed by atoms with E-state index in [1.807, 2.05) is 48.5 Å². The van der Waals surface area contributed by atoms with Crippen molar-refractivity contribution in [3.8, 4) is 0 Å². The van der Waals surface area contributed by atoms with Crippen LogP contribution >= 0.6 is 0 Å². The van der Waals surface area contributed by atoms with Gasteiger partial charge in [0.2, 0.25) is 0 Å². The number of rotatable bonds is 9. The van der Waals surface area contributed by atoms with Gasteiger partial charge in [0.05, 0.1) is 31.0 Å². The molecule has 0 saturated carbocycles. The third-order valence-electron chi connectivity index (χ3n) is 7.88. The van der Waals surface area contributed by atoms with Crippen molar-refractivity contribution in [2.24, 2.45) is 5.92 Å². The Morgan fingerprint density at radius 3 is 2.46 bits per heavy atom. The summed E-state index contributed by atoms with van der Waals surface area (Å²) in [5.41, 5.74) is 4.31. The Labute approximate surface area is 229 Å². The molecule has 1 amide bonds. The number of aromatic nitrogens is 1. The highest BCUT2D eigenvalue weighted by molar-refractivity contribution is 5.93. The van der Waals surface area contributed by atoms with Gasteiger partial charge in [-0.3, -0.25) is 14.7 Å². The topological polar surface area (TPSA) is 104 Å². The number of amides is 1. The van der Waals surface area contributed by atoms with E-state index in [1.165, 1.54) is 0 Å². The van der Waals surface area contributed by atoms with Gasteiger partial charge in [-0.25, -0.2) is 0 Å². The van der Waals surface area contributed by atoms with Gasteiger partial charge in [-0.05, 0) is 48.2 Å². The van der Waals surface area contributed by atoms with E-state index in [9.17, 15) is 15.0 Å². The van der Waals surface area contributed by atoms with Crippen molar-refractivity contribution < 1.29 is 24.5 Å². The van der Waals surface area contributed by atoms with Gasteiger partial charge < -0.3 is 25.0 Å². The largest absolute Gasteiger partial charge is 0.395 e. The third kappa shape index (κ3) is 6.54. The smallest absolute Gasteiger partial charge is 0.253 e. The second-order valence-electron chi connectivity index (χ2n) is 10.5. The zero-order chi connectivity index (χ0) is 27.2. The predicted molar refractivity (Wildman–Crippen MR) is 146 cm³/mol. The molecule has 2 aliphatic heterocycles. The van der Waals surface area contributed by atoms with E-state index in [0.29, 0.717) is 12.1 Å². The maximum atomic E-state index is 12.4. The number of carbonyl (C=O) groups is 1. The molecule has 5 rings (SSSR count). The number of carbonyl (C=O) groups excluding carboxylic acids is 1. The predicted octanol–water partition coefficient (Wildman–Crippen LogP) is 3.75. The standard InChI is InChI=1S/C31H37N3O5/c1-21-28(18-34-15-3-5-27(34)20-36)38-31(39-29(21)24-10-8-23(19-35)9-11-24)25-12-6-22(7-13-25)16-33-30(37)26-4-2-14-32-17-26/h2,4,6-14,17,21,27-29,31,35-36H,3,5,15-16,18-20H2,1H3,(H,33,37)/t21-,27+,28+,29+,31+/m1/s1. The van der Waals surface area contributed by atoms with Crippen LogP contribution in [0.3, 0.4) is 0 Å². The third-order valence-corrected chi connectivity index (χ3v) is 7.88. The molecule has 3 N–H and O–H groups in total. The lowest BCUT2D eigenvalue weighted by atomic mass is 9.90. The van der Waals surface area contributed by atoms with Gasteiger partial charge in [0.25, 0.3) is 5.91 Å².